The van der Waals surface area contributed by atoms with Gasteiger partial charge in [-0.05, 0) is 44.2 Å². The molecule has 1 aliphatic heterocycles. The van der Waals surface area contributed by atoms with E-state index < -0.39 is 5.60 Å². The van der Waals surface area contributed by atoms with Crippen LogP contribution < -0.4 is 0 Å². The Morgan fingerprint density at radius 3 is 2.76 bits per heavy atom. The lowest BCUT2D eigenvalue weighted by molar-refractivity contribution is -0.00573. The molecule has 0 amide bonds. The molecule has 1 unspecified atom stereocenters. The van der Waals surface area contributed by atoms with Gasteiger partial charge in [-0.25, -0.2) is 4.39 Å². The van der Waals surface area contributed by atoms with Crippen LogP contribution in [0.3, 0.4) is 0 Å². The Hall–Kier alpha value is -1.00. The van der Waals surface area contributed by atoms with Crippen molar-refractivity contribution in [1.29, 1.82) is 0 Å². The first kappa shape index (κ1) is 12.5. The lowest BCUT2D eigenvalue weighted by atomic mass is 9.85. The van der Waals surface area contributed by atoms with Crippen LogP contribution >= 0.6 is 0 Å². The van der Waals surface area contributed by atoms with Crippen molar-refractivity contribution in [3.8, 4) is 0 Å². The lowest BCUT2D eigenvalue weighted by Crippen LogP contribution is -2.29. The summed E-state index contributed by atoms with van der Waals surface area (Å²) in [5, 5.41) is 10.4. The van der Waals surface area contributed by atoms with E-state index in [0.29, 0.717) is 18.0 Å². The second-order valence-electron chi connectivity index (χ2n) is 4.90. The summed E-state index contributed by atoms with van der Waals surface area (Å²) in [5.41, 5.74) is -0.458. The van der Waals surface area contributed by atoms with Gasteiger partial charge in [-0.1, -0.05) is 0 Å². The van der Waals surface area contributed by atoms with Crippen molar-refractivity contribution in [2.24, 2.45) is 5.92 Å². The molecule has 0 radical (unpaired) electrons. The molecular formula is C13H18FNO2. The molecule has 0 aromatic carbocycles. The molecule has 94 valence electrons. The van der Waals surface area contributed by atoms with E-state index in [9.17, 15) is 9.50 Å². The predicted molar refractivity (Wildman–Crippen MR) is 61.9 cm³/mol. The smallest absolute Gasteiger partial charge is 0.141 e. The standard InChI is InChI=1S/C13H18FNO2/c1-13(16,8-10-4-6-17-7-5-10)12-3-2-11(14)9-15-12/h2-3,9-10,16H,4-8H2,1H3. The summed E-state index contributed by atoms with van der Waals surface area (Å²) < 4.78 is 18.1. The van der Waals surface area contributed by atoms with E-state index in [2.05, 4.69) is 4.98 Å². The maximum Gasteiger partial charge on any atom is 0.141 e. The number of pyridine rings is 1. The van der Waals surface area contributed by atoms with Crippen LogP contribution in [0.2, 0.25) is 0 Å². The maximum atomic E-state index is 12.8. The average molecular weight is 239 g/mol. The van der Waals surface area contributed by atoms with E-state index in [1.807, 2.05) is 0 Å². The molecule has 0 aliphatic carbocycles. The van der Waals surface area contributed by atoms with Crippen molar-refractivity contribution < 1.29 is 14.2 Å². The zero-order valence-electron chi connectivity index (χ0n) is 10.0. The van der Waals surface area contributed by atoms with Gasteiger partial charge in [0.1, 0.15) is 11.4 Å². The van der Waals surface area contributed by atoms with Crippen LogP contribution in [0.1, 0.15) is 31.9 Å². The molecule has 3 nitrogen and oxygen atoms in total. The quantitative estimate of drug-likeness (QED) is 0.879. The Morgan fingerprint density at radius 2 is 2.18 bits per heavy atom. The van der Waals surface area contributed by atoms with Crippen molar-refractivity contribution in [3.63, 3.8) is 0 Å². The fourth-order valence-electron chi connectivity index (χ4n) is 2.31. The minimum absolute atomic E-state index is 0.379. The minimum atomic E-state index is -0.990. The Labute approximate surface area is 101 Å². The third-order valence-electron chi connectivity index (χ3n) is 3.31. The van der Waals surface area contributed by atoms with Gasteiger partial charge in [0.25, 0.3) is 0 Å². The van der Waals surface area contributed by atoms with Gasteiger partial charge in [-0.15, -0.1) is 0 Å². The second-order valence-corrected chi connectivity index (χ2v) is 4.90. The largest absolute Gasteiger partial charge is 0.384 e. The molecule has 0 spiro atoms. The van der Waals surface area contributed by atoms with Gasteiger partial charge in [0.2, 0.25) is 0 Å². The molecule has 1 aromatic heterocycles. The minimum Gasteiger partial charge on any atom is -0.384 e. The number of hydrogen-bond acceptors (Lipinski definition) is 3. The zero-order chi connectivity index (χ0) is 12.3. The fourth-order valence-corrected chi connectivity index (χ4v) is 2.31. The van der Waals surface area contributed by atoms with Crippen molar-refractivity contribution in [3.05, 3.63) is 29.8 Å². The molecule has 1 fully saturated rings. The fraction of sp³-hybridized carbons (Fsp3) is 0.615. The summed E-state index contributed by atoms with van der Waals surface area (Å²) in [4.78, 5) is 3.96. The van der Waals surface area contributed by atoms with Crippen molar-refractivity contribution in [2.45, 2.75) is 31.8 Å². The van der Waals surface area contributed by atoms with E-state index in [0.717, 1.165) is 32.3 Å². The van der Waals surface area contributed by atoms with Crippen molar-refractivity contribution in [1.82, 2.24) is 4.98 Å². The van der Waals surface area contributed by atoms with Gasteiger partial charge in [0.05, 0.1) is 11.9 Å². The van der Waals surface area contributed by atoms with Gasteiger partial charge in [-0.3, -0.25) is 4.98 Å². The van der Waals surface area contributed by atoms with Crippen LogP contribution in [0, 0.1) is 11.7 Å². The highest BCUT2D eigenvalue weighted by molar-refractivity contribution is 5.12. The third-order valence-corrected chi connectivity index (χ3v) is 3.31. The molecule has 1 N–H and O–H groups in total. The first-order chi connectivity index (χ1) is 8.08. The highest BCUT2D eigenvalue weighted by Gasteiger charge is 2.29. The molecule has 17 heavy (non-hydrogen) atoms. The van der Waals surface area contributed by atoms with Crippen LogP contribution in [0.4, 0.5) is 4.39 Å². The van der Waals surface area contributed by atoms with Crippen LogP contribution in [-0.4, -0.2) is 23.3 Å². The summed E-state index contributed by atoms with van der Waals surface area (Å²) in [6.45, 7) is 3.26. The van der Waals surface area contributed by atoms with E-state index in [1.165, 1.54) is 6.07 Å². The molecule has 1 atom stereocenters. The first-order valence-corrected chi connectivity index (χ1v) is 6.00. The molecule has 0 saturated carbocycles. The average Bonchev–Trinajstić information content (AvgIpc) is 2.30. The molecule has 1 aliphatic rings. The van der Waals surface area contributed by atoms with Gasteiger partial charge in [0, 0.05) is 13.2 Å². The molecule has 2 rings (SSSR count). The molecule has 4 heteroatoms. The van der Waals surface area contributed by atoms with Crippen LogP contribution in [0.25, 0.3) is 0 Å². The monoisotopic (exact) mass is 239 g/mol. The molecular weight excluding hydrogens is 221 g/mol. The van der Waals surface area contributed by atoms with Gasteiger partial charge in [-0.2, -0.15) is 0 Å². The van der Waals surface area contributed by atoms with Crippen LogP contribution in [0.15, 0.2) is 18.3 Å². The number of aromatic nitrogens is 1. The summed E-state index contributed by atoms with van der Waals surface area (Å²) >= 11 is 0. The van der Waals surface area contributed by atoms with Gasteiger partial charge < -0.3 is 9.84 Å². The van der Waals surface area contributed by atoms with Gasteiger partial charge in [0.15, 0.2) is 0 Å². The Morgan fingerprint density at radius 1 is 1.47 bits per heavy atom. The highest BCUT2D eigenvalue weighted by atomic mass is 19.1. The normalized spacial score (nSPS) is 21.1. The van der Waals surface area contributed by atoms with Crippen molar-refractivity contribution in [2.75, 3.05) is 13.2 Å². The Bertz CT molecular complexity index is 358. The molecule has 1 aromatic rings. The second kappa shape index (κ2) is 5.10. The van der Waals surface area contributed by atoms with Crippen LogP contribution in [0.5, 0.6) is 0 Å². The van der Waals surface area contributed by atoms with E-state index in [1.54, 1.807) is 13.0 Å². The van der Waals surface area contributed by atoms with E-state index in [-0.39, 0.29) is 5.82 Å². The highest BCUT2D eigenvalue weighted by Crippen LogP contribution is 2.31. The number of rotatable bonds is 3. The summed E-state index contributed by atoms with van der Waals surface area (Å²) in [6.07, 6.45) is 3.73. The summed E-state index contributed by atoms with van der Waals surface area (Å²) in [7, 11) is 0. The molecule has 1 saturated heterocycles. The Kier molecular flexibility index (Phi) is 3.74. The topological polar surface area (TPSA) is 42.4 Å². The van der Waals surface area contributed by atoms with E-state index >= 15 is 0 Å². The predicted octanol–water partition coefficient (Wildman–Crippen LogP) is 2.24. The van der Waals surface area contributed by atoms with Gasteiger partial charge >= 0.3 is 0 Å². The molecule has 2 heterocycles. The number of aliphatic hydroxyl groups is 1. The third kappa shape index (κ3) is 3.23. The molecule has 0 bridgehead atoms. The first-order valence-electron chi connectivity index (χ1n) is 6.00. The van der Waals surface area contributed by atoms with Crippen LogP contribution in [-0.2, 0) is 10.3 Å². The van der Waals surface area contributed by atoms with E-state index in [4.69, 9.17) is 4.74 Å². The SMILES string of the molecule is CC(O)(CC1CCOCC1)c1ccc(F)cn1. The summed E-state index contributed by atoms with van der Waals surface area (Å²) in [5.74, 6) is 0.0706. The maximum absolute atomic E-state index is 12.8. The zero-order valence-corrected chi connectivity index (χ0v) is 10.0. The number of nitrogens with zero attached hydrogens (tertiary/aromatic N) is 1. The lowest BCUT2D eigenvalue weighted by Gasteiger charge is -2.30. The van der Waals surface area contributed by atoms with Crippen molar-refractivity contribution >= 4 is 0 Å². The number of hydrogen-bond donors (Lipinski definition) is 1. The number of ether oxygens (including phenoxy) is 1. The Balaban J connectivity index is 2.04. The number of halogens is 1. The summed E-state index contributed by atoms with van der Waals surface area (Å²) in [6, 6.07) is 2.88.